The molecule has 1 aromatic carbocycles. The normalized spacial score (nSPS) is 11.3. The molecule has 1 amide bonds. The zero-order valence-electron chi connectivity index (χ0n) is 13.1. The minimum Gasteiger partial charge on any atom is -0.384 e. The first-order valence-corrected chi connectivity index (χ1v) is 8.32. The van der Waals surface area contributed by atoms with Crippen LogP contribution in [0, 0.1) is 0 Å². The van der Waals surface area contributed by atoms with Crippen molar-refractivity contribution >= 4 is 23.1 Å². The molecule has 0 bridgehead atoms. The van der Waals surface area contributed by atoms with Crippen LogP contribution in [0.15, 0.2) is 52.3 Å². The van der Waals surface area contributed by atoms with E-state index >= 15 is 0 Å². The Morgan fingerprint density at radius 1 is 1.26 bits per heavy atom. The van der Waals surface area contributed by atoms with Crippen molar-refractivity contribution in [2.45, 2.75) is 19.4 Å². The van der Waals surface area contributed by atoms with Gasteiger partial charge in [0.05, 0.1) is 0 Å². The molecule has 5 nitrogen and oxygen atoms in total. The lowest BCUT2D eigenvalue weighted by molar-refractivity contribution is -0.135. The van der Waals surface area contributed by atoms with Gasteiger partial charge in [0.2, 0.25) is 0 Å². The van der Waals surface area contributed by atoms with E-state index in [4.69, 9.17) is 10.6 Å². The van der Waals surface area contributed by atoms with E-state index in [1.165, 1.54) is 5.56 Å². The highest BCUT2D eigenvalue weighted by Gasteiger charge is 2.10. The zero-order valence-corrected chi connectivity index (χ0v) is 14.0. The lowest BCUT2D eigenvalue weighted by Gasteiger charge is -2.15. The monoisotopic (exact) mass is 331 g/mol. The predicted octanol–water partition coefficient (Wildman–Crippen LogP) is 2.63. The summed E-state index contributed by atoms with van der Waals surface area (Å²) in [7, 11) is 1.74. The van der Waals surface area contributed by atoms with Gasteiger partial charge in [-0.25, -0.2) is 0 Å². The van der Waals surface area contributed by atoms with Crippen molar-refractivity contribution in [2.24, 2.45) is 10.9 Å². The molecule has 0 atom stereocenters. The fourth-order valence-electron chi connectivity index (χ4n) is 1.99. The van der Waals surface area contributed by atoms with E-state index in [9.17, 15) is 4.79 Å². The average Bonchev–Trinajstić information content (AvgIpc) is 3.06. The maximum atomic E-state index is 11.9. The molecule has 122 valence electrons. The van der Waals surface area contributed by atoms with E-state index in [1.807, 2.05) is 47.2 Å². The van der Waals surface area contributed by atoms with Gasteiger partial charge in [-0.3, -0.25) is 4.79 Å². The van der Waals surface area contributed by atoms with Crippen LogP contribution in [0.25, 0.3) is 0 Å². The third-order valence-electron chi connectivity index (χ3n) is 3.31. The molecule has 2 aromatic rings. The molecule has 0 unspecified atom stereocenters. The number of aryl methyl sites for hydroxylation is 1. The second kappa shape index (κ2) is 8.95. The van der Waals surface area contributed by atoms with Gasteiger partial charge in [-0.05, 0) is 34.4 Å². The Balaban J connectivity index is 1.69. The standard InChI is InChI=1S/C17H21N3O2S/c1-20(11-15-9-10-23-13-15)17(21)12-22-19-16(18)8-7-14-5-3-2-4-6-14/h2-6,9-10,13H,7-8,11-12H2,1H3,(H2,18,19). The van der Waals surface area contributed by atoms with Gasteiger partial charge in [-0.15, -0.1) is 0 Å². The summed E-state index contributed by atoms with van der Waals surface area (Å²) < 4.78 is 0. The SMILES string of the molecule is CN(Cc1ccsc1)C(=O)CO/N=C(\N)CCc1ccccc1. The summed E-state index contributed by atoms with van der Waals surface area (Å²) >= 11 is 1.61. The van der Waals surface area contributed by atoms with Gasteiger partial charge in [0, 0.05) is 20.0 Å². The van der Waals surface area contributed by atoms with Crippen molar-refractivity contribution in [1.29, 1.82) is 0 Å². The maximum absolute atomic E-state index is 11.9. The Hall–Kier alpha value is -2.34. The van der Waals surface area contributed by atoms with E-state index < -0.39 is 0 Å². The molecular weight excluding hydrogens is 310 g/mol. The molecule has 0 aliphatic rings. The second-order valence-electron chi connectivity index (χ2n) is 5.22. The number of nitrogens with zero attached hydrogens (tertiary/aromatic N) is 2. The van der Waals surface area contributed by atoms with Gasteiger partial charge in [0.15, 0.2) is 6.61 Å². The molecule has 0 saturated heterocycles. The van der Waals surface area contributed by atoms with Gasteiger partial charge in [-0.1, -0.05) is 35.5 Å². The molecule has 1 heterocycles. The van der Waals surface area contributed by atoms with E-state index in [2.05, 4.69) is 5.16 Å². The number of carbonyl (C=O) groups excluding carboxylic acids is 1. The fraction of sp³-hybridized carbons (Fsp3) is 0.294. The van der Waals surface area contributed by atoms with Gasteiger partial charge in [0.1, 0.15) is 5.84 Å². The summed E-state index contributed by atoms with van der Waals surface area (Å²) in [5.41, 5.74) is 8.09. The van der Waals surface area contributed by atoms with Crippen LogP contribution in [0.1, 0.15) is 17.5 Å². The van der Waals surface area contributed by atoms with Crippen LogP contribution in [0.4, 0.5) is 0 Å². The van der Waals surface area contributed by atoms with Crippen LogP contribution in [-0.2, 0) is 22.6 Å². The third kappa shape index (κ3) is 6.12. The Morgan fingerprint density at radius 2 is 2.04 bits per heavy atom. The highest BCUT2D eigenvalue weighted by atomic mass is 32.1. The molecule has 1 aromatic heterocycles. The summed E-state index contributed by atoms with van der Waals surface area (Å²) in [4.78, 5) is 18.6. The Bertz CT molecular complexity index is 627. The van der Waals surface area contributed by atoms with Gasteiger partial charge >= 0.3 is 0 Å². The first kappa shape index (κ1) is 17.0. The quantitative estimate of drug-likeness (QED) is 0.459. The van der Waals surface area contributed by atoms with E-state index in [0.29, 0.717) is 18.8 Å². The highest BCUT2D eigenvalue weighted by molar-refractivity contribution is 7.07. The summed E-state index contributed by atoms with van der Waals surface area (Å²) in [6, 6.07) is 12.0. The smallest absolute Gasteiger partial charge is 0.263 e. The van der Waals surface area contributed by atoms with Crippen LogP contribution in [0.5, 0.6) is 0 Å². The number of likely N-dealkylation sites (N-methyl/N-ethyl adjacent to an activating group) is 1. The van der Waals surface area contributed by atoms with E-state index in [0.717, 1.165) is 12.0 Å². The number of amidine groups is 1. The van der Waals surface area contributed by atoms with Crippen LogP contribution < -0.4 is 5.73 Å². The number of benzene rings is 1. The number of hydrogen-bond donors (Lipinski definition) is 1. The highest BCUT2D eigenvalue weighted by Crippen LogP contribution is 2.08. The molecular formula is C17H21N3O2S. The number of oxime groups is 1. The summed E-state index contributed by atoms with van der Waals surface area (Å²) in [5, 5.41) is 7.81. The molecule has 0 fully saturated rings. The Kier molecular flexibility index (Phi) is 6.62. The number of thiophene rings is 1. The number of hydrogen-bond acceptors (Lipinski definition) is 4. The lowest BCUT2D eigenvalue weighted by Crippen LogP contribution is -2.29. The zero-order chi connectivity index (χ0) is 16.5. The van der Waals surface area contributed by atoms with Gasteiger partial charge in [-0.2, -0.15) is 11.3 Å². The number of nitrogens with two attached hydrogens (primary N) is 1. The summed E-state index contributed by atoms with van der Waals surface area (Å²) in [6.45, 7) is 0.464. The van der Waals surface area contributed by atoms with Crippen molar-refractivity contribution < 1.29 is 9.63 Å². The van der Waals surface area contributed by atoms with Crippen molar-refractivity contribution in [3.8, 4) is 0 Å². The average molecular weight is 331 g/mol. The number of amides is 1. The van der Waals surface area contributed by atoms with Crippen LogP contribution in [0.2, 0.25) is 0 Å². The van der Waals surface area contributed by atoms with Gasteiger partial charge in [0.25, 0.3) is 5.91 Å². The third-order valence-corrected chi connectivity index (χ3v) is 4.04. The van der Waals surface area contributed by atoms with Crippen molar-refractivity contribution in [3.05, 3.63) is 58.3 Å². The fourth-order valence-corrected chi connectivity index (χ4v) is 2.65. The second-order valence-corrected chi connectivity index (χ2v) is 6.00. The summed E-state index contributed by atoms with van der Waals surface area (Å²) in [5.74, 6) is 0.262. The minimum atomic E-state index is -0.129. The maximum Gasteiger partial charge on any atom is 0.263 e. The molecule has 0 saturated carbocycles. The Labute approximate surface area is 140 Å². The van der Waals surface area contributed by atoms with Gasteiger partial charge < -0.3 is 15.5 Å². The predicted molar refractivity (Wildman–Crippen MR) is 93.1 cm³/mol. The van der Waals surface area contributed by atoms with Crippen molar-refractivity contribution in [1.82, 2.24) is 4.90 Å². The first-order valence-electron chi connectivity index (χ1n) is 7.38. The topological polar surface area (TPSA) is 67.9 Å². The molecule has 0 spiro atoms. The molecule has 0 aliphatic heterocycles. The Morgan fingerprint density at radius 3 is 2.74 bits per heavy atom. The summed E-state index contributed by atoms with van der Waals surface area (Å²) in [6.07, 6.45) is 1.40. The van der Waals surface area contributed by atoms with Crippen LogP contribution in [0.3, 0.4) is 0 Å². The minimum absolute atomic E-state index is 0.104. The molecule has 0 radical (unpaired) electrons. The molecule has 6 heteroatoms. The number of rotatable bonds is 8. The largest absolute Gasteiger partial charge is 0.384 e. The first-order chi connectivity index (χ1) is 11.1. The van der Waals surface area contributed by atoms with Crippen LogP contribution in [-0.4, -0.2) is 30.3 Å². The van der Waals surface area contributed by atoms with Crippen molar-refractivity contribution in [2.75, 3.05) is 13.7 Å². The van der Waals surface area contributed by atoms with Crippen LogP contribution >= 0.6 is 11.3 Å². The lowest BCUT2D eigenvalue weighted by atomic mass is 10.1. The molecule has 23 heavy (non-hydrogen) atoms. The molecule has 2 rings (SSSR count). The van der Waals surface area contributed by atoms with E-state index in [-0.39, 0.29) is 12.5 Å². The molecule has 2 N–H and O–H groups in total. The molecule has 0 aliphatic carbocycles. The van der Waals surface area contributed by atoms with Crippen molar-refractivity contribution in [3.63, 3.8) is 0 Å². The van der Waals surface area contributed by atoms with E-state index in [1.54, 1.807) is 23.3 Å². The number of carbonyl (C=O) groups is 1.